The number of rotatable bonds is 2. The van der Waals surface area contributed by atoms with Crippen LogP contribution in [0, 0.1) is 6.92 Å². The van der Waals surface area contributed by atoms with E-state index in [0.29, 0.717) is 10.8 Å². The Labute approximate surface area is 117 Å². The van der Waals surface area contributed by atoms with Crippen molar-refractivity contribution in [2.75, 3.05) is 24.7 Å². The molecule has 0 bridgehead atoms. The Morgan fingerprint density at radius 1 is 1.47 bits per heavy atom. The molecule has 100 valence electrons. The number of benzene rings is 1. The fourth-order valence-electron chi connectivity index (χ4n) is 1.76. The van der Waals surface area contributed by atoms with Gasteiger partial charge in [0.1, 0.15) is 0 Å². The molecule has 2 rings (SSSR count). The summed E-state index contributed by atoms with van der Waals surface area (Å²) >= 11 is 1.39. The third-order valence-corrected chi connectivity index (χ3v) is 4.09. The predicted molar refractivity (Wildman–Crippen MR) is 77.9 cm³/mol. The van der Waals surface area contributed by atoms with E-state index >= 15 is 0 Å². The highest BCUT2D eigenvalue weighted by molar-refractivity contribution is 8.04. The normalized spacial score (nSPS) is 17.1. The van der Waals surface area contributed by atoms with E-state index in [2.05, 4.69) is 0 Å². The van der Waals surface area contributed by atoms with E-state index in [4.69, 9.17) is 0 Å². The second kappa shape index (κ2) is 5.48. The largest absolute Gasteiger partial charge is 0.312 e. The van der Waals surface area contributed by atoms with Gasteiger partial charge in [-0.3, -0.25) is 9.59 Å². The van der Waals surface area contributed by atoms with Crippen LogP contribution in [0.25, 0.3) is 0 Å². The molecule has 0 spiro atoms. The maximum Gasteiger partial charge on any atom is 0.253 e. The van der Waals surface area contributed by atoms with Crippen LogP contribution in [0.2, 0.25) is 0 Å². The van der Waals surface area contributed by atoms with Crippen molar-refractivity contribution < 1.29 is 9.59 Å². The molecule has 1 heterocycles. The molecule has 5 heteroatoms. The average molecular weight is 276 g/mol. The van der Waals surface area contributed by atoms with Crippen LogP contribution in [-0.4, -0.2) is 36.6 Å². The van der Waals surface area contributed by atoms with Gasteiger partial charge >= 0.3 is 0 Å². The smallest absolute Gasteiger partial charge is 0.253 e. The molecule has 4 nitrogen and oxygen atoms in total. The van der Waals surface area contributed by atoms with Gasteiger partial charge in [0, 0.05) is 25.9 Å². The Hall–Kier alpha value is -1.75. The van der Waals surface area contributed by atoms with Crippen LogP contribution in [0.15, 0.2) is 35.4 Å². The number of carbonyl (C=O) groups is 2. The lowest BCUT2D eigenvalue weighted by molar-refractivity contribution is -0.124. The Morgan fingerprint density at radius 3 is 2.79 bits per heavy atom. The number of thioether (sulfide) groups is 1. The number of hydrogen-bond donors (Lipinski definition) is 0. The summed E-state index contributed by atoms with van der Waals surface area (Å²) in [7, 11) is 3.42. The standard InChI is InChI=1S/C14H16N2O2S/c1-10-5-4-6-11(7-10)15(2)12(17)8-14-16(3)13(18)9-19-14/h4-8H,9H2,1-3H3/b14-8-. The van der Waals surface area contributed by atoms with Crippen molar-refractivity contribution in [3.05, 3.63) is 40.9 Å². The first kappa shape index (κ1) is 13.7. The van der Waals surface area contributed by atoms with Crippen LogP contribution in [-0.2, 0) is 9.59 Å². The molecule has 0 atom stereocenters. The molecule has 0 saturated carbocycles. The van der Waals surface area contributed by atoms with Gasteiger partial charge < -0.3 is 9.80 Å². The summed E-state index contributed by atoms with van der Waals surface area (Å²) in [5, 5.41) is 0.703. The molecule has 0 N–H and O–H groups in total. The third-order valence-electron chi connectivity index (χ3n) is 3.01. The van der Waals surface area contributed by atoms with Crippen molar-refractivity contribution in [3.8, 4) is 0 Å². The fraction of sp³-hybridized carbons (Fsp3) is 0.286. The molecule has 0 aliphatic carbocycles. The van der Waals surface area contributed by atoms with E-state index < -0.39 is 0 Å². The summed E-state index contributed by atoms with van der Waals surface area (Å²) in [4.78, 5) is 26.7. The summed E-state index contributed by atoms with van der Waals surface area (Å²) in [6.45, 7) is 1.99. The molecule has 1 aromatic rings. The predicted octanol–water partition coefficient (Wildman–Crippen LogP) is 2.00. The van der Waals surface area contributed by atoms with Gasteiger partial charge in [-0.25, -0.2) is 0 Å². The van der Waals surface area contributed by atoms with E-state index in [1.807, 2.05) is 31.2 Å². The molecule has 2 amide bonds. The van der Waals surface area contributed by atoms with Gasteiger partial charge in [-0.2, -0.15) is 0 Å². The zero-order valence-electron chi connectivity index (χ0n) is 11.2. The van der Waals surface area contributed by atoms with Gasteiger partial charge in [0.2, 0.25) is 5.91 Å². The number of aryl methyl sites for hydroxylation is 1. The summed E-state index contributed by atoms with van der Waals surface area (Å²) < 4.78 is 0. The quantitative estimate of drug-likeness (QED) is 0.776. The number of carbonyl (C=O) groups excluding carboxylic acids is 2. The molecular formula is C14H16N2O2S. The second-order valence-corrected chi connectivity index (χ2v) is 5.46. The van der Waals surface area contributed by atoms with Crippen LogP contribution in [0.5, 0.6) is 0 Å². The van der Waals surface area contributed by atoms with Gasteiger partial charge in [0.05, 0.1) is 10.8 Å². The second-order valence-electron chi connectivity index (χ2n) is 4.46. The van der Waals surface area contributed by atoms with E-state index in [0.717, 1.165) is 11.3 Å². The molecule has 1 aromatic carbocycles. The first-order valence-electron chi connectivity index (χ1n) is 5.94. The Bertz CT molecular complexity index is 554. The minimum absolute atomic E-state index is 0.0299. The molecule has 1 aliphatic heterocycles. The lowest BCUT2D eigenvalue weighted by Gasteiger charge is -2.17. The van der Waals surface area contributed by atoms with Gasteiger partial charge in [0.25, 0.3) is 5.91 Å². The Balaban J connectivity index is 2.16. The first-order chi connectivity index (χ1) is 8.99. The fourth-order valence-corrected chi connectivity index (χ4v) is 2.70. The van der Waals surface area contributed by atoms with E-state index in [9.17, 15) is 9.59 Å². The first-order valence-corrected chi connectivity index (χ1v) is 6.93. The molecule has 1 fully saturated rings. The summed E-state index contributed by atoms with van der Waals surface area (Å²) in [6, 6.07) is 7.74. The summed E-state index contributed by atoms with van der Waals surface area (Å²) in [5.41, 5.74) is 1.95. The van der Waals surface area contributed by atoms with Crippen molar-refractivity contribution >= 4 is 29.3 Å². The van der Waals surface area contributed by atoms with Crippen LogP contribution < -0.4 is 4.90 Å². The third kappa shape index (κ3) is 2.98. The van der Waals surface area contributed by atoms with Gasteiger partial charge in [0.15, 0.2) is 0 Å². The van der Waals surface area contributed by atoms with Crippen molar-refractivity contribution in [1.82, 2.24) is 4.90 Å². The van der Waals surface area contributed by atoms with Gasteiger partial charge in [-0.1, -0.05) is 23.9 Å². The van der Waals surface area contributed by atoms with Crippen molar-refractivity contribution in [3.63, 3.8) is 0 Å². The number of likely N-dealkylation sites (N-methyl/N-ethyl adjacent to an activating group) is 1. The van der Waals surface area contributed by atoms with Crippen molar-refractivity contribution in [2.45, 2.75) is 6.92 Å². The topological polar surface area (TPSA) is 40.6 Å². The van der Waals surface area contributed by atoms with Crippen LogP contribution >= 0.6 is 11.8 Å². The molecule has 0 radical (unpaired) electrons. The van der Waals surface area contributed by atoms with Crippen LogP contribution in [0.3, 0.4) is 0 Å². The van der Waals surface area contributed by atoms with E-state index in [1.54, 1.807) is 19.0 Å². The van der Waals surface area contributed by atoms with Crippen molar-refractivity contribution in [1.29, 1.82) is 0 Å². The lowest BCUT2D eigenvalue weighted by Crippen LogP contribution is -2.26. The Morgan fingerprint density at radius 2 is 2.21 bits per heavy atom. The van der Waals surface area contributed by atoms with Gasteiger partial charge in [-0.05, 0) is 24.6 Å². The highest BCUT2D eigenvalue weighted by Crippen LogP contribution is 2.27. The molecule has 0 aromatic heterocycles. The number of hydrogen-bond acceptors (Lipinski definition) is 3. The number of amides is 2. The van der Waals surface area contributed by atoms with E-state index in [-0.39, 0.29) is 11.8 Å². The van der Waals surface area contributed by atoms with Crippen LogP contribution in [0.4, 0.5) is 5.69 Å². The average Bonchev–Trinajstić information content (AvgIpc) is 2.70. The number of anilines is 1. The number of nitrogens with zero attached hydrogens (tertiary/aromatic N) is 2. The van der Waals surface area contributed by atoms with Crippen molar-refractivity contribution in [2.24, 2.45) is 0 Å². The molecule has 0 unspecified atom stereocenters. The van der Waals surface area contributed by atoms with E-state index in [1.165, 1.54) is 22.7 Å². The molecule has 19 heavy (non-hydrogen) atoms. The summed E-state index contributed by atoms with van der Waals surface area (Å²) in [6.07, 6.45) is 1.51. The minimum atomic E-state index is -0.130. The zero-order valence-corrected chi connectivity index (χ0v) is 12.0. The maximum absolute atomic E-state index is 12.2. The minimum Gasteiger partial charge on any atom is -0.312 e. The SMILES string of the molecule is Cc1cccc(N(C)C(=O)/C=C2\SCC(=O)N2C)c1. The van der Waals surface area contributed by atoms with Crippen LogP contribution in [0.1, 0.15) is 5.56 Å². The zero-order chi connectivity index (χ0) is 14.0. The molecular weight excluding hydrogens is 260 g/mol. The monoisotopic (exact) mass is 276 g/mol. The lowest BCUT2D eigenvalue weighted by atomic mass is 10.2. The molecule has 1 saturated heterocycles. The highest BCUT2D eigenvalue weighted by atomic mass is 32.2. The van der Waals surface area contributed by atoms with Gasteiger partial charge in [-0.15, -0.1) is 0 Å². The maximum atomic E-state index is 12.2. The summed E-state index contributed by atoms with van der Waals surface area (Å²) in [5.74, 6) is 0.306. The highest BCUT2D eigenvalue weighted by Gasteiger charge is 2.24. The molecule has 1 aliphatic rings. The Kier molecular flexibility index (Phi) is 3.95.